The van der Waals surface area contributed by atoms with Crippen molar-refractivity contribution in [2.45, 2.75) is 38.4 Å². The van der Waals surface area contributed by atoms with Crippen molar-refractivity contribution in [3.8, 4) is 0 Å². The Kier molecular flexibility index (Phi) is 5.98. The zero-order chi connectivity index (χ0) is 15.3. The second-order valence-corrected chi connectivity index (χ2v) is 7.24. The van der Waals surface area contributed by atoms with Gasteiger partial charge in [0.2, 0.25) is 0 Å². The highest BCUT2D eigenvalue weighted by Crippen LogP contribution is 2.34. The molecule has 1 aliphatic rings. The van der Waals surface area contributed by atoms with Crippen molar-refractivity contribution in [1.29, 1.82) is 0 Å². The Labute approximate surface area is 122 Å². The van der Waals surface area contributed by atoms with Crippen molar-refractivity contribution in [2.24, 2.45) is 5.41 Å². The summed E-state index contributed by atoms with van der Waals surface area (Å²) in [6.45, 7) is 4.92. The summed E-state index contributed by atoms with van der Waals surface area (Å²) in [5, 5.41) is 12.1. The molecule has 0 aromatic rings. The third kappa shape index (κ3) is 3.94. The highest BCUT2D eigenvalue weighted by atomic mass is 32.2. The zero-order valence-electron chi connectivity index (χ0n) is 12.3. The van der Waals surface area contributed by atoms with Crippen LogP contribution in [-0.2, 0) is 15.6 Å². The van der Waals surface area contributed by atoms with Gasteiger partial charge in [0.25, 0.3) is 0 Å². The van der Waals surface area contributed by atoms with E-state index in [4.69, 9.17) is 0 Å². The van der Waals surface area contributed by atoms with Crippen LogP contribution in [0.3, 0.4) is 0 Å². The first kappa shape index (κ1) is 16.9. The summed E-state index contributed by atoms with van der Waals surface area (Å²) in [7, 11) is -0.890. The molecule has 1 fully saturated rings. The van der Waals surface area contributed by atoms with Crippen LogP contribution in [0.25, 0.3) is 0 Å². The van der Waals surface area contributed by atoms with Gasteiger partial charge in [-0.25, -0.2) is 4.79 Å². The van der Waals surface area contributed by atoms with E-state index in [9.17, 15) is 18.9 Å². The molecule has 0 aliphatic carbocycles. The fourth-order valence-electron chi connectivity index (χ4n) is 2.32. The normalized spacial score (nSPS) is 25.2. The predicted octanol–water partition coefficient (Wildman–Crippen LogP) is 1.04. The number of carbonyl (C=O) groups excluding carboxylic acids is 1. The lowest BCUT2D eigenvalue weighted by molar-refractivity contribution is -0.148. The second-order valence-electron chi connectivity index (χ2n) is 5.44. The number of hydrogen-bond acceptors (Lipinski definition) is 3. The minimum atomic E-state index is -0.890. The average Bonchev–Trinajstić information content (AvgIpc) is 2.84. The number of carbonyl (C=O) groups is 2. The van der Waals surface area contributed by atoms with Crippen LogP contribution in [0.15, 0.2) is 0 Å². The molecular formula is C13H24N2O4S. The fraction of sp³-hybridized carbons (Fsp3) is 0.846. The van der Waals surface area contributed by atoms with Crippen molar-refractivity contribution in [3.63, 3.8) is 0 Å². The number of urea groups is 1. The third-order valence-corrected chi connectivity index (χ3v) is 5.53. The molecule has 0 aromatic carbocycles. The number of aliphatic carboxylic acids is 1. The summed E-state index contributed by atoms with van der Waals surface area (Å²) in [5.41, 5.74) is -0.796. The molecule has 7 heteroatoms. The van der Waals surface area contributed by atoms with Gasteiger partial charge >= 0.3 is 12.0 Å². The van der Waals surface area contributed by atoms with Crippen molar-refractivity contribution in [1.82, 2.24) is 10.2 Å². The van der Waals surface area contributed by atoms with E-state index in [0.29, 0.717) is 32.4 Å². The molecule has 1 saturated heterocycles. The third-order valence-electron chi connectivity index (χ3n) is 4.17. The number of carboxylic acid groups (broad SMARTS) is 1. The first-order valence-corrected chi connectivity index (χ1v) is 8.53. The molecule has 0 bridgehead atoms. The van der Waals surface area contributed by atoms with E-state index in [1.807, 2.05) is 13.8 Å². The minimum Gasteiger partial charge on any atom is -0.481 e. The summed E-state index contributed by atoms with van der Waals surface area (Å²) in [5.74, 6) is -0.828. The van der Waals surface area contributed by atoms with Gasteiger partial charge in [0.1, 0.15) is 0 Å². The van der Waals surface area contributed by atoms with E-state index in [2.05, 4.69) is 5.32 Å². The summed E-state index contributed by atoms with van der Waals surface area (Å²) in [6, 6.07) is -0.226. The Morgan fingerprint density at radius 3 is 2.60 bits per heavy atom. The Morgan fingerprint density at radius 1 is 1.50 bits per heavy atom. The van der Waals surface area contributed by atoms with E-state index in [0.717, 1.165) is 0 Å². The molecule has 0 radical (unpaired) electrons. The maximum absolute atomic E-state index is 12.0. The van der Waals surface area contributed by atoms with Crippen molar-refractivity contribution in [2.75, 3.05) is 25.9 Å². The van der Waals surface area contributed by atoms with Crippen LogP contribution in [0.1, 0.15) is 33.1 Å². The minimum absolute atomic E-state index is 0.0441. The fourth-order valence-corrected chi connectivity index (χ4v) is 2.77. The van der Waals surface area contributed by atoms with Gasteiger partial charge < -0.3 is 15.3 Å². The zero-order valence-corrected chi connectivity index (χ0v) is 13.2. The Bertz CT molecular complexity index is 402. The maximum atomic E-state index is 12.0. The summed E-state index contributed by atoms with van der Waals surface area (Å²) < 4.78 is 11.2. The summed E-state index contributed by atoms with van der Waals surface area (Å²) >= 11 is 0. The summed E-state index contributed by atoms with van der Waals surface area (Å²) in [6.07, 6.45) is 3.33. The quantitative estimate of drug-likeness (QED) is 0.767. The predicted molar refractivity (Wildman–Crippen MR) is 78.1 cm³/mol. The molecule has 1 rings (SSSR count). The molecule has 1 heterocycles. The van der Waals surface area contributed by atoms with Gasteiger partial charge in [0, 0.05) is 41.9 Å². The molecule has 2 amide bonds. The standard InChI is InChI=1S/C13H24N2O4S/c1-4-13(11(16)17)6-8-15(9-13)12(18)14-7-5-10(2)20(3)19/h10H,4-9H2,1-3H3,(H,14,18)(H,16,17). The Hall–Kier alpha value is -1.11. The van der Waals surface area contributed by atoms with Crippen LogP contribution in [0, 0.1) is 5.41 Å². The first-order chi connectivity index (χ1) is 9.32. The number of nitrogens with zero attached hydrogens (tertiary/aromatic N) is 1. The monoisotopic (exact) mass is 304 g/mol. The summed E-state index contributed by atoms with van der Waals surface area (Å²) in [4.78, 5) is 24.8. The van der Waals surface area contributed by atoms with Gasteiger partial charge in [-0.3, -0.25) is 9.00 Å². The number of hydrogen-bond donors (Lipinski definition) is 2. The maximum Gasteiger partial charge on any atom is 0.317 e. The average molecular weight is 304 g/mol. The van der Waals surface area contributed by atoms with E-state index in [1.165, 1.54) is 0 Å². The van der Waals surface area contributed by atoms with Crippen LogP contribution < -0.4 is 5.32 Å². The molecule has 2 N–H and O–H groups in total. The number of carboxylic acids is 1. The van der Waals surface area contributed by atoms with E-state index in [1.54, 1.807) is 11.2 Å². The molecule has 0 aromatic heterocycles. The smallest absolute Gasteiger partial charge is 0.317 e. The number of nitrogens with one attached hydrogen (secondary N) is 1. The molecule has 0 spiro atoms. The van der Waals surface area contributed by atoms with Crippen LogP contribution in [0.2, 0.25) is 0 Å². The molecule has 20 heavy (non-hydrogen) atoms. The van der Waals surface area contributed by atoms with Crippen LogP contribution in [-0.4, -0.2) is 57.4 Å². The first-order valence-electron chi connectivity index (χ1n) is 6.91. The van der Waals surface area contributed by atoms with E-state index < -0.39 is 22.2 Å². The topological polar surface area (TPSA) is 86.7 Å². The SMILES string of the molecule is CCC1(C(=O)O)CCN(C(=O)NCCC(C)S(C)=O)C1. The van der Waals surface area contributed by atoms with Crippen LogP contribution in [0.4, 0.5) is 4.79 Å². The molecule has 3 atom stereocenters. The Balaban J connectivity index is 2.43. The van der Waals surface area contributed by atoms with Crippen molar-refractivity contribution >= 4 is 22.8 Å². The van der Waals surface area contributed by atoms with Gasteiger partial charge in [0.15, 0.2) is 0 Å². The van der Waals surface area contributed by atoms with Crippen LogP contribution >= 0.6 is 0 Å². The largest absolute Gasteiger partial charge is 0.481 e. The molecule has 3 unspecified atom stereocenters. The lowest BCUT2D eigenvalue weighted by Gasteiger charge is -2.23. The Morgan fingerprint density at radius 2 is 2.15 bits per heavy atom. The number of rotatable bonds is 6. The second kappa shape index (κ2) is 7.06. The van der Waals surface area contributed by atoms with E-state index >= 15 is 0 Å². The van der Waals surface area contributed by atoms with E-state index in [-0.39, 0.29) is 17.8 Å². The molecule has 6 nitrogen and oxygen atoms in total. The van der Waals surface area contributed by atoms with Gasteiger partial charge in [-0.1, -0.05) is 13.8 Å². The number of amides is 2. The lowest BCUT2D eigenvalue weighted by atomic mass is 9.84. The van der Waals surface area contributed by atoms with Crippen LogP contribution in [0.5, 0.6) is 0 Å². The van der Waals surface area contributed by atoms with Gasteiger partial charge in [0.05, 0.1) is 5.41 Å². The lowest BCUT2D eigenvalue weighted by Crippen LogP contribution is -2.42. The highest BCUT2D eigenvalue weighted by Gasteiger charge is 2.44. The van der Waals surface area contributed by atoms with Gasteiger partial charge in [-0.15, -0.1) is 0 Å². The van der Waals surface area contributed by atoms with Crippen molar-refractivity contribution < 1.29 is 18.9 Å². The van der Waals surface area contributed by atoms with Gasteiger partial charge in [-0.05, 0) is 19.3 Å². The van der Waals surface area contributed by atoms with Crippen molar-refractivity contribution in [3.05, 3.63) is 0 Å². The molecule has 116 valence electrons. The highest BCUT2D eigenvalue weighted by molar-refractivity contribution is 7.84. The molecule has 1 aliphatic heterocycles. The molecule has 0 saturated carbocycles. The van der Waals surface area contributed by atoms with Gasteiger partial charge in [-0.2, -0.15) is 0 Å². The molecular weight excluding hydrogens is 280 g/mol. The number of likely N-dealkylation sites (tertiary alicyclic amines) is 1.